The fraction of sp³-hybridized carbons (Fsp3) is 0.125. The van der Waals surface area contributed by atoms with Gasteiger partial charge in [0.2, 0.25) is 6.29 Å². The highest BCUT2D eigenvalue weighted by molar-refractivity contribution is 5.74. The van der Waals surface area contributed by atoms with Crippen LogP contribution >= 0.6 is 0 Å². The molecule has 0 aliphatic carbocycles. The third-order valence-electron chi connectivity index (χ3n) is 0.814. The van der Waals surface area contributed by atoms with E-state index in [1.807, 2.05) is 0 Å². The Balaban J connectivity index is 3.95. The van der Waals surface area contributed by atoms with Crippen LogP contribution in [0.2, 0.25) is 0 Å². The summed E-state index contributed by atoms with van der Waals surface area (Å²) in [4.78, 5) is 10.00. The van der Waals surface area contributed by atoms with E-state index in [2.05, 4.69) is 13.2 Å². The number of hydrogen-bond acceptors (Lipinski definition) is 1. The van der Waals surface area contributed by atoms with E-state index < -0.39 is 0 Å². The Kier molecular flexibility index (Phi) is 4.41. The average molecular weight is 121 g/mol. The highest BCUT2D eigenvalue weighted by atomic mass is 16.1. The molecule has 0 saturated carbocycles. The quantitative estimate of drug-likeness (QED) is 0.315. The van der Waals surface area contributed by atoms with Crippen molar-refractivity contribution in [1.29, 1.82) is 0 Å². The van der Waals surface area contributed by atoms with Crippen molar-refractivity contribution < 1.29 is 4.79 Å². The molecular formula is C8H9O. The maximum atomic E-state index is 10.00. The first-order valence-corrected chi connectivity index (χ1v) is 2.65. The van der Waals surface area contributed by atoms with Crippen LogP contribution in [0.25, 0.3) is 0 Å². The molecule has 0 aromatic carbocycles. The van der Waals surface area contributed by atoms with Crippen molar-refractivity contribution in [3.05, 3.63) is 37.0 Å². The summed E-state index contributed by atoms with van der Waals surface area (Å²) >= 11 is 0. The van der Waals surface area contributed by atoms with E-state index in [4.69, 9.17) is 0 Å². The second kappa shape index (κ2) is 5.04. The summed E-state index contributed by atoms with van der Waals surface area (Å²) in [6, 6.07) is 0. The zero-order valence-electron chi connectivity index (χ0n) is 5.26. The van der Waals surface area contributed by atoms with Crippen molar-refractivity contribution >= 4 is 6.29 Å². The Bertz CT molecular complexity index is 143. The van der Waals surface area contributed by atoms with Crippen molar-refractivity contribution in [1.82, 2.24) is 0 Å². The molecule has 47 valence electrons. The van der Waals surface area contributed by atoms with Gasteiger partial charge in [0, 0.05) is 5.57 Å². The van der Waals surface area contributed by atoms with Crippen LogP contribution in [0.4, 0.5) is 0 Å². The summed E-state index contributed by atoms with van der Waals surface area (Å²) in [5.74, 6) is 0. The van der Waals surface area contributed by atoms with Crippen molar-refractivity contribution in [2.75, 3.05) is 0 Å². The molecule has 1 nitrogen and oxygen atoms in total. The molecule has 0 N–H and O–H groups in total. The summed E-state index contributed by atoms with van der Waals surface area (Å²) in [5, 5.41) is 0. The predicted molar refractivity (Wildman–Crippen MR) is 38.8 cm³/mol. The van der Waals surface area contributed by atoms with E-state index >= 15 is 0 Å². The largest absolute Gasteiger partial charge is 0.285 e. The molecule has 0 bridgehead atoms. The lowest BCUT2D eigenvalue weighted by atomic mass is 10.2. The van der Waals surface area contributed by atoms with Gasteiger partial charge < -0.3 is 0 Å². The van der Waals surface area contributed by atoms with E-state index in [0.29, 0.717) is 12.0 Å². The Morgan fingerprint density at radius 3 is 2.56 bits per heavy atom. The molecule has 0 fully saturated rings. The Hall–Kier alpha value is -1.11. The molecule has 0 amide bonds. The number of rotatable bonds is 4. The molecule has 0 aliphatic rings. The molecule has 0 saturated heterocycles. The molecule has 0 aromatic heterocycles. The molecule has 9 heavy (non-hydrogen) atoms. The summed E-state index contributed by atoms with van der Waals surface area (Å²) in [7, 11) is 0. The second-order valence-electron chi connectivity index (χ2n) is 1.52. The SMILES string of the molecule is C=CC=C([C]=O)CC=C. The van der Waals surface area contributed by atoms with Gasteiger partial charge in [0.25, 0.3) is 0 Å². The van der Waals surface area contributed by atoms with E-state index in [-0.39, 0.29) is 0 Å². The first-order valence-electron chi connectivity index (χ1n) is 2.65. The maximum Gasteiger partial charge on any atom is 0.229 e. The highest BCUT2D eigenvalue weighted by Crippen LogP contribution is 1.96. The molecule has 0 rings (SSSR count). The zero-order valence-corrected chi connectivity index (χ0v) is 5.26. The van der Waals surface area contributed by atoms with Gasteiger partial charge in [-0.1, -0.05) is 24.8 Å². The van der Waals surface area contributed by atoms with E-state index in [1.165, 1.54) is 0 Å². The van der Waals surface area contributed by atoms with Crippen LogP contribution in [0, 0.1) is 0 Å². The van der Waals surface area contributed by atoms with Gasteiger partial charge in [0.05, 0.1) is 0 Å². The van der Waals surface area contributed by atoms with Crippen molar-refractivity contribution in [2.24, 2.45) is 0 Å². The maximum absolute atomic E-state index is 10.00. The Labute approximate surface area is 55.4 Å². The molecular weight excluding hydrogens is 112 g/mol. The lowest BCUT2D eigenvalue weighted by molar-refractivity contribution is 0.561. The van der Waals surface area contributed by atoms with E-state index in [1.54, 1.807) is 24.5 Å². The summed E-state index contributed by atoms with van der Waals surface area (Å²) in [6.07, 6.45) is 7.17. The smallest absolute Gasteiger partial charge is 0.229 e. The predicted octanol–water partition coefficient (Wildman–Crippen LogP) is 1.78. The summed E-state index contributed by atoms with van der Waals surface area (Å²) < 4.78 is 0. The minimum Gasteiger partial charge on any atom is -0.285 e. The summed E-state index contributed by atoms with van der Waals surface area (Å²) in [6.45, 7) is 6.92. The van der Waals surface area contributed by atoms with Crippen molar-refractivity contribution in [3.63, 3.8) is 0 Å². The van der Waals surface area contributed by atoms with Gasteiger partial charge in [0.15, 0.2) is 0 Å². The van der Waals surface area contributed by atoms with E-state index in [9.17, 15) is 4.79 Å². The fourth-order valence-corrected chi connectivity index (χ4v) is 0.441. The lowest BCUT2D eigenvalue weighted by Gasteiger charge is -1.85. The molecule has 1 radical (unpaired) electrons. The van der Waals surface area contributed by atoms with Gasteiger partial charge in [-0.15, -0.1) is 6.58 Å². The summed E-state index contributed by atoms with van der Waals surface area (Å²) in [5.41, 5.74) is 0.583. The number of carbonyl (C=O) groups excluding carboxylic acids is 1. The third kappa shape index (κ3) is 3.47. The fourth-order valence-electron chi connectivity index (χ4n) is 0.441. The number of hydrogen-bond donors (Lipinski definition) is 0. The highest BCUT2D eigenvalue weighted by Gasteiger charge is 1.87. The Morgan fingerprint density at radius 1 is 1.56 bits per heavy atom. The van der Waals surface area contributed by atoms with Gasteiger partial charge in [-0.2, -0.15) is 0 Å². The molecule has 0 aliphatic heterocycles. The van der Waals surface area contributed by atoms with Gasteiger partial charge in [-0.25, -0.2) is 0 Å². The standard InChI is InChI=1S/C8H9O/c1-3-5-8(7-9)6-4-2/h3-5H,1-2,6H2. The molecule has 0 heterocycles. The molecule has 0 unspecified atom stereocenters. The molecule has 0 atom stereocenters. The Morgan fingerprint density at radius 2 is 2.22 bits per heavy atom. The topological polar surface area (TPSA) is 17.1 Å². The van der Waals surface area contributed by atoms with Crippen LogP contribution in [0.1, 0.15) is 6.42 Å². The van der Waals surface area contributed by atoms with Crippen LogP contribution in [-0.2, 0) is 4.79 Å². The van der Waals surface area contributed by atoms with Crippen LogP contribution in [0.3, 0.4) is 0 Å². The van der Waals surface area contributed by atoms with E-state index in [0.717, 1.165) is 0 Å². The van der Waals surface area contributed by atoms with Gasteiger partial charge in [-0.3, -0.25) is 4.79 Å². The van der Waals surface area contributed by atoms with Crippen molar-refractivity contribution in [3.8, 4) is 0 Å². The first-order chi connectivity index (χ1) is 4.35. The van der Waals surface area contributed by atoms with Crippen LogP contribution in [0.15, 0.2) is 37.0 Å². The zero-order chi connectivity index (χ0) is 7.11. The van der Waals surface area contributed by atoms with Gasteiger partial charge in [0.1, 0.15) is 0 Å². The lowest BCUT2D eigenvalue weighted by Crippen LogP contribution is -1.79. The average Bonchev–Trinajstić information content (AvgIpc) is 1.88. The van der Waals surface area contributed by atoms with Crippen LogP contribution in [-0.4, -0.2) is 6.29 Å². The molecule has 0 aromatic rings. The normalized spacial score (nSPS) is 10.4. The molecule has 1 heteroatoms. The second-order valence-corrected chi connectivity index (χ2v) is 1.52. The molecule has 0 spiro atoms. The van der Waals surface area contributed by atoms with Gasteiger partial charge >= 0.3 is 0 Å². The minimum atomic E-state index is 0.565. The van der Waals surface area contributed by atoms with Gasteiger partial charge in [-0.05, 0) is 6.42 Å². The number of allylic oxidation sites excluding steroid dienone is 4. The van der Waals surface area contributed by atoms with Crippen molar-refractivity contribution in [2.45, 2.75) is 6.42 Å². The minimum absolute atomic E-state index is 0.565. The van der Waals surface area contributed by atoms with Crippen LogP contribution in [0.5, 0.6) is 0 Å². The van der Waals surface area contributed by atoms with Crippen LogP contribution < -0.4 is 0 Å². The first kappa shape index (κ1) is 7.89. The third-order valence-corrected chi connectivity index (χ3v) is 0.814. The monoisotopic (exact) mass is 121 g/mol.